The van der Waals surface area contributed by atoms with Crippen LogP contribution in [-0.4, -0.2) is 19.6 Å². The Morgan fingerprint density at radius 3 is 2.50 bits per heavy atom. The molecule has 0 atom stereocenters. The summed E-state index contributed by atoms with van der Waals surface area (Å²) in [6, 6.07) is 5.17. The van der Waals surface area contributed by atoms with Gasteiger partial charge in [-0.15, -0.1) is 0 Å². The van der Waals surface area contributed by atoms with Crippen LogP contribution in [0.2, 0.25) is 0 Å². The molecule has 0 unspecified atom stereocenters. The number of alkyl halides is 3. The molecule has 9 heteroatoms. The predicted octanol–water partition coefficient (Wildman–Crippen LogP) is 4.14. The van der Waals surface area contributed by atoms with E-state index in [2.05, 4.69) is 14.4 Å². The minimum atomic E-state index is -4.65. The van der Waals surface area contributed by atoms with Gasteiger partial charge < -0.3 is 4.52 Å². The Kier molecular flexibility index (Phi) is 5.12. The molecular formula is C17H19F3N2O3S. The van der Waals surface area contributed by atoms with Crippen molar-refractivity contribution < 1.29 is 26.1 Å². The van der Waals surface area contributed by atoms with Gasteiger partial charge in [0.05, 0.1) is 4.90 Å². The van der Waals surface area contributed by atoms with Gasteiger partial charge in [0.1, 0.15) is 5.69 Å². The summed E-state index contributed by atoms with van der Waals surface area (Å²) in [5.74, 6) is -1.22. The number of hydrogen-bond acceptors (Lipinski definition) is 4. The molecule has 2 aromatic rings. The Labute approximate surface area is 149 Å². The number of hydrogen-bond donors (Lipinski definition) is 1. The Balaban J connectivity index is 1.97. The van der Waals surface area contributed by atoms with E-state index in [-0.39, 0.29) is 22.2 Å². The number of aryl methyl sites for hydroxylation is 1. The number of aromatic nitrogens is 1. The van der Waals surface area contributed by atoms with Gasteiger partial charge in [0.2, 0.25) is 15.8 Å². The Hall–Kier alpha value is -1.87. The van der Waals surface area contributed by atoms with Crippen molar-refractivity contribution in [1.29, 1.82) is 0 Å². The van der Waals surface area contributed by atoms with Crippen LogP contribution < -0.4 is 4.72 Å². The van der Waals surface area contributed by atoms with Gasteiger partial charge in [0.15, 0.2) is 0 Å². The highest BCUT2D eigenvalue weighted by Gasteiger charge is 2.36. The number of halogens is 3. The van der Waals surface area contributed by atoms with Crippen molar-refractivity contribution in [2.75, 3.05) is 0 Å². The third kappa shape index (κ3) is 3.93. The van der Waals surface area contributed by atoms with Crippen molar-refractivity contribution in [3.05, 3.63) is 35.6 Å². The molecule has 0 bridgehead atoms. The van der Waals surface area contributed by atoms with Crippen LogP contribution in [0.5, 0.6) is 0 Å². The van der Waals surface area contributed by atoms with E-state index in [0.717, 1.165) is 31.7 Å². The summed E-state index contributed by atoms with van der Waals surface area (Å²) >= 11 is 0. The van der Waals surface area contributed by atoms with E-state index in [1.807, 2.05) is 6.92 Å². The van der Waals surface area contributed by atoms with Gasteiger partial charge in [-0.1, -0.05) is 37.1 Å². The minimum Gasteiger partial charge on any atom is -0.351 e. The van der Waals surface area contributed by atoms with Gasteiger partial charge in [-0.3, -0.25) is 0 Å². The van der Waals surface area contributed by atoms with E-state index in [1.54, 1.807) is 12.1 Å². The fraction of sp³-hybridized carbons (Fsp3) is 0.471. The Morgan fingerprint density at radius 1 is 1.23 bits per heavy atom. The van der Waals surface area contributed by atoms with E-state index in [0.29, 0.717) is 12.0 Å². The number of nitrogens with one attached hydrogen (secondary N) is 1. The topological polar surface area (TPSA) is 72.2 Å². The third-order valence-corrected chi connectivity index (χ3v) is 6.10. The van der Waals surface area contributed by atoms with Crippen LogP contribution in [0.1, 0.15) is 43.9 Å². The molecule has 142 valence electrons. The maximum atomic E-state index is 12.8. The van der Waals surface area contributed by atoms with Gasteiger partial charge >= 0.3 is 6.18 Å². The zero-order chi connectivity index (χ0) is 18.9. The average Bonchev–Trinajstić information content (AvgIpc) is 3.24. The molecule has 1 aliphatic rings. The van der Waals surface area contributed by atoms with Gasteiger partial charge in [-0.2, -0.15) is 13.2 Å². The zero-order valence-electron chi connectivity index (χ0n) is 14.1. The molecule has 0 radical (unpaired) electrons. The molecule has 5 nitrogen and oxygen atoms in total. The molecule has 3 rings (SSSR count). The highest BCUT2D eigenvalue weighted by molar-refractivity contribution is 7.89. The van der Waals surface area contributed by atoms with Crippen molar-refractivity contribution in [1.82, 2.24) is 9.88 Å². The van der Waals surface area contributed by atoms with Crippen LogP contribution in [0.15, 0.2) is 33.7 Å². The van der Waals surface area contributed by atoms with Crippen molar-refractivity contribution in [3.8, 4) is 11.3 Å². The lowest BCUT2D eigenvalue weighted by Crippen LogP contribution is -2.33. The van der Waals surface area contributed by atoms with E-state index in [9.17, 15) is 21.6 Å². The summed E-state index contributed by atoms with van der Waals surface area (Å²) in [6.07, 6.45) is -0.626. The second-order valence-electron chi connectivity index (χ2n) is 6.35. The van der Waals surface area contributed by atoms with E-state index < -0.39 is 22.0 Å². The third-order valence-electron chi connectivity index (χ3n) is 4.50. The normalized spacial score (nSPS) is 16.3. The maximum absolute atomic E-state index is 12.8. The minimum absolute atomic E-state index is 0.0581. The smallest absolute Gasteiger partial charge is 0.351 e. The van der Waals surface area contributed by atoms with E-state index in [4.69, 9.17) is 0 Å². The van der Waals surface area contributed by atoms with Gasteiger partial charge in [-0.05, 0) is 30.9 Å². The molecule has 1 saturated carbocycles. The van der Waals surface area contributed by atoms with Gasteiger partial charge in [-0.25, -0.2) is 13.1 Å². The Bertz CT molecular complexity index is 885. The summed E-state index contributed by atoms with van der Waals surface area (Å²) < 4.78 is 70.7. The quantitative estimate of drug-likeness (QED) is 0.835. The SMILES string of the molecule is CCc1ccc(-c2cc(C(F)(F)F)on2)cc1S(=O)(=O)NC1CCCC1. The van der Waals surface area contributed by atoms with Gasteiger partial charge in [0, 0.05) is 17.7 Å². The van der Waals surface area contributed by atoms with E-state index >= 15 is 0 Å². The fourth-order valence-electron chi connectivity index (χ4n) is 3.13. The lowest BCUT2D eigenvalue weighted by atomic mass is 10.1. The summed E-state index contributed by atoms with van der Waals surface area (Å²) in [5.41, 5.74) is 0.796. The highest BCUT2D eigenvalue weighted by Crippen LogP contribution is 2.33. The molecule has 1 aromatic carbocycles. The molecule has 1 aliphatic carbocycles. The molecule has 1 N–H and O–H groups in total. The van der Waals surface area contributed by atoms with Crippen LogP contribution >= 0.6 is 0 Å². The molecular weight excluding hydrogens is 369 g/mol. The molecule has 0 saturated heterocycles. The lowest BCUT2D eigenvalue weighted by Gasteiger charge is -2.15. The molecule has 0 amide bonds. The molecule has 0 aliphatic heterocycles. The zero-order valence-corrected chi connectivity index (χ0v) is 15.0. The molecule has 0 spiro atoms. The second-order valence-corrected chi connectivity index (χ2v) is 8.04. The Morgan fingerprint density at radius 2 is 1.92 bits per heavy atom. The van der Waals surface area contributed by atoms with Crippen LogP contribution in [0, 0.1) is 0 Å². The van der Waals surface area contributed by atoms with Crippen LogP contribution in [0.4, 0.5) is 13.2 Å². The largest absolute Gasteiger partial charge is 0.452 e. The van der Waals surface area contributed by atoms with Crippen molar-refractivity contribution in [3.63, 3.8) is 0 Å². The van der Waals surface area contributed by atoms with Crippen LogP contribution in [0.3, 0.4) is 0 Å². The molecule has 1 aromatic heterocycles. The summed E-state index contributed by atoms with van der Waals surface area (Å²) in [7, 11) is -3.77. The monoisotopic (exact) mass is 388 g/mol. The predicted molar refractivity (Wildman–Crippen MR) is 88.9 cm³/mol. The first kappa shape index (κ1) is 18.9. The summed E-state index contributed by atoms with van der Waals surface area (Å²) in [6.45, 7) is 1.82. The van der Waals surface area contributed by atoms with Crippen LogP contribution in [0.25, 0.3) is 11.3 Å². The summed E-state index contributed by atoms with van der Waals surface area (Å²) in [4.78, 5) is 0.0703. The molecule has 1 heterocycles. The van der Waals surface area contributed by atoms with E-state index in [1.165, 1.54) is 6.07 Å². The van der Waals surface area contributed by atoms with Crippen molar-refractivity contribution >= 4 is 10.0 Å². The van der Waals surface area contributed by atoms with Gasteiger partial charge in [0.25, 0.3) is 0 Å². The highest BCUT2D eigenvalue weighted by atomic mass is 32.2. The second kappa shape index (κ2) is 7.03. The van der Waals surface area contributed by atoms with Crippen molar-refractivity contribution in [2.24, 2.45) is 0 Å². The standard InChI is InChI=1S/C17H19F3N2O3S/c1-2-11-7-8-12(14-10-16(25-21-14)17(18,19)20)9-15(11)26(23,24)22-13-5-3-4-6-13/h7-10,13,22H,2-6H2,1H3. The maximum Gasteiger partial charge on any atom is 0.452 e. The number of rotatable bonds is 5. The summed E-state index contributed by atoms with van der Waals surface area (Å²) in [5, 5.41) is 3.42. The first-order valence-electron chi connectivity index (χ1n) is 8.40. The number of benzene rings is 1. The molecule has 26 heavy (non-hydrogen) atoms. The number of sulfonamides is 1. The average molecular weight is 388 g/mol. The van der Waals surface area contributed by atoms with Crippen molar-refractivity contribution in [2.45, 2.75) is 56.1 Å². The number of nitrogens with zero attached hydrogens (tertiary/aromatic N) is 1. The fourth-order valence-corrected chi connectivity index (χ4v) is 4.77. The first-order chi connectivity index (χ1) is 12.2. The first-order valence-corrected chi connectivity index (χ1v) is 9.88. The lowest BCUT2D eigenvalue weighted by molar-refractivity contribution is -0.155. The molecule has 1 fully saturated rings. The van der Waals surface area contributed by atoms with Crippen LogP contribution in [-0.2, 0) is 22.6 Å².